The van der Waals surface area contributed by atoms with Gasteiger partial charge in [0.2, 0.25) is 0 Å². The molecule has 0 bridgehead atoms. The molecule has 0 heterocycles. The molecule has 1 nitrogen and oxygen atoms in total. The van der Waals surface area contributed by atoms with Crippen LogP contribution in [0.4, 0.5) is 0 Å². The molecule has 0 aromatic heterocycles. The second-order valence-corrected chi connectivity index (χ2v) is 3.83. The largest absolute Gasteiger partial charge is 0.378 e. The third-order valence-electron chi connectivity index (χ3n) is 2.49. The van der Waals surface area contributed by atoms with E-state index in [4.69, 9.17) is 4.74 Å². The number of ether oxygens (including phenoxy) is 1. The Morgan fingerprint density at radius 2 is 2.25 bits per heavy atom. The molecular weight excluding hydrogens is 148 g/mol. The first-order valence-electron chi connectivity index (χ1n) is 5.04. The molecule has 0 saturated carbocycles. The lowest BCUT2D eigenvalue weighted by Gasteiger charge is -2.25. The van der Waals surface area contributed by atoms with Crippen LogP contribution in [-0.4, -0.2) is 12.7 Å². The van der Waals surface area contributed by atoms with E-state index in [0.29, 0.717) is 17.9 Å². The molecule has 2 unspecified atom stereocenters. The first-order chi connectivity index (χ1) is 5.75. The van der Waals surface area contributed by atoms with Gasteiger partial charge in [0.15, 0.2) is 0 Å². The van der Waals surface area contributed by atoms with E-state index >= 15 is 0 Å². The lowest BCUT2D eigenvalue weighted by Crippen LogP contribution is -2.27. The molecule has 0 amide bonds. The third-order valence-corrected chi connectivity index (χ3v) is 2.49. The molecule has 2 atom stereocenters. The van der Waals surface area contributed by atoms with Crippen molar-refractivity contribution < 1.29 is 4.74 Å². The van der Waals surface area contributed by atoms with E-state index in [1.807, 2.05) is 0 Å². The molecule has 1 heteroatoms. The number of rotatable bonds is 4. The average molecular weight is 168 g/mol. The average Bonchev–Trinajstić information content (AvgIpc) is 2.51. The molecule has 0 radical (unpaired) electrons. The van der Waals surface area contributed by atoms with Crippen molar-refractivity contribution in [2.75, 3.05) is 6.61 Å². The highest BCUT2D eigenvalue weighted by Gasteiger charge is 2.24. The summed E-state index contributed by atoms with van der Waals surface area (Å²) < 4.78 is 5.74. The Bertz CT molecular complexity index is 149. The van der Waals surface area contributed by atoms with Crippen LogP contribution in [0.2, 0.25) is 0 Å². The summed E-state index contributed by atoms with van der Waals surface area (Å²) in [6.07, 6.45) is 7.55. The minimum Gasteiger partial charge on any atom is -0.378 e. The van der Waals surface area contributed by atoms with E-state index < -0.39 is 0 Å². The van der Waals surface area contributed by atoms with Crippen molar-refractivity contribution in [2.24, 2.45) is 11.8 Å². The van der Waals surface area contributed by atoms with Gasteiger partial charge in [-0.15, -0.1) is 0 Å². The maximum absolute atomic E-state index is 5.74. The highest BCUT2D eigenvalue weighted by atomic mass is 16.5. The highest BCUT2D eigenvalue weighted by Crippen LogP contribution is 2.27. The maximum Gasteiger partial charge on any atom is 0.0660 e. The van der Waals surface area contributed by atoms with E-state index in [-0.39, 0.29) is 0 Å². The van der Waals surface area contributed by atoms with Crippen LogP contribution in [0.25, 0.3) is 0 Å². The minimum absolute atomic E-state index is 0.439. The molecule has 1 aliphatic rings. The van der Waals surface area contributed by atoms with Crippen molar-refractivity contribution in [3.8, 4) is 0 Å². The minimum atomic E-state index is 0.439. The first-order valence-corrected chi connectivity index (χ1v) is 5.04. The summed E-state index contributed by atoms with van der Waals surface area (Å²) in [7, 11) is 0. The second kappa shape index (κ2) is 4.66. The quantitative estimate of drug-likeness (QED) is 0.586. The van der Waals surface area contributed by atoms with Crippen LogP contribution in [0.15, 0.2) is 12.2 Å². The maximum atomic E-state index is 5.74. The lowest BCUT2D eigenvalue weighted by atomic mass is 9.93. The van der Waals surface area contributed by atoms with Gasteiger partial charge in [0.25, 0.3) is 0 Å². The van der Waals surface area contributed by atoms with E-state index in [2.05, 4.69) is 32.9 Å². The highest BCUT2D eigenvalue weighted by molar-refractivity contribution is 5.00. The van der Waals surface area contributed by atoms with Crippen molar-refractivity contribution in [2.45, 2.75) is 39.7 Å². The Hall–Kier alpha value is -0.300. The summed E-state index contributed by atoms with van der Waals surface area (Å²) in [5.74, 6) is 1.31. The first kappa shape index (κ1) is 9.79. The Balaban J connectivity index is 2.46. The number of hydrogen-bond acceptors (Lipinski definition) is 1. The van der Waals surface area contributed by atoms with Crippen LogP contribution in [0, 0.1) is 11.8 Å². The zero-order valence-electron chi connectivity index (χ0n) is 8.42. The van der Waals surface area contributed by atoms with Gasteiger partial charge in [-0.1, -0.05) is 26.0 Å². The predicted molar refractivity (Wildman–Crippen MR) is 52.1 cm³/mol. The van der Waals surface area contributed by atoms with E-state index in [1.54, 1.807) is 0 Å². The van der Waals surface area contributed by atoms with Gasteiger partial charge in [0.05, 0.1) is 6.10 Å². The summed E-state index contributed by atoms with van der Waals surface area (Å²) in [5.41, 5.74) is 0. The fourth-order valence-corrected chi connectivity index (χ4v) is 1.93. The zero-order chi connectivity index (χ0) is 8.97. The molecule has 0 spiro atoms. The van der Waals surface area contributed by atoms with Crippen molar-refractivity contribution in [3.63, 3.8) is 0 Å². The molecule has 0 fully saturated rings. The summed E-state index contributed by atoms with van der Waals surface area (Å²) in [6.45, 7) is 7.40. The molecule has 12 heavy (non-hydrogen) atoms. The summed E-state index contributed by atoms with van der Waals surface area (Å²) >= 11 is 0. The van der Waals surface area contributed by atoms with Crippen LogP contribution < -0.4 is 0 Å². The van der Waals surface area contributed by atoms with Crippen LogP contribution >= 0.6 is 0 Å². The van der Waals surface area contributed by atoms with Crippen molar-refractivity contribution in [3.05, 3.63) is 12.2 Å². The van der Waals surface area contributed by atoms with Gasteiger partial charge in [-0.25, -0.2) is 0 Å². The smallest absolute Gasteiger partial charge is 0.0660 e. The van der Waals surface area contributed by atoms with Gasteiger partial charge in [-0.05, 0) is 25.7 Å². The Labute approximate surface area is 75.8 Å². The Morgan fingerprint density at radius 3 is 2.67 bits per heavy atom. The molecule has 0 aliphatic heterocycles. The summed E-state index contributed by atoms with van der Waals surface area (Å²) in [6, 6.07) is 0. The van der Waals surface area contributed by atoms with E-state index in [0.717, 1.165) is 6.61 Å². The monoisotopic (exact) mass is 168 g/mol. The predicted octanol–water partition coefficient (Wildman–Crippen LogP) is 3.01. The van der Waals surface area contributed by atoms with Gasteiger partial charge in [-0.3, -0.25) is 0 Å². The molecule has 1 rings (SSSR count). The van der Waals surface area contributed by atoms with Gasteiger partial charge in [0, 0.05) is 12.5 Å². The van der Waals surface area contributed by atoms with Crippen molar-refractivity contribution in [1.82, 2.24) is 0 Å². The van der Waals surface area contributed by atoms with Gasteiger partial charge in [-0.2, -0.15) is 0 Å². The molecule has 0 N–H and O–H groups in total. The molecular formula is C11H20O. The molecule has 0 aromatic rings. The van der Waals surface area contributed by atoms with Crippen molar-refractivity contribution in [1.29, 1.82) is 0 Å². The van der Waals surface area contributed by atoms with Gasteiger partial charge in [0.1, 0.15) is 0 Å². The molecule has 0 aromatic carbocycles. The molecule has 0 saturated heterocycles. The standard InChI is InChI=1S/C11H20O/c1-4-12-11(9(2)3)10-7-5-6-8-10/h5,7,9-11H,4,6,8H2,1-3H3. The van der Waals surface area contributed by atoms with Crippen LogP contribution in [0.3, 0.4) is 0 Å². The summed E-state index contributed by atoms with van der Waals surface area (Å²) in [4.78, 5) is 0. The Kier molecular flexibility index (Phi) is 3.80. The lowest BCUT2D eigenvalue weighted by molar-refractivity contribution is 0.00226. The topological polar surface area (TPSA) is 9.23 Å². The normalized spacial score (nSPS) is 25.2. The van der Waals surface area contributed by atoms with E-state index in [9.17, 15) is 0 Å². The number of allylic oxidation sites excluding steroid dienone is 1. The second-order valence-electron chi connectivity index (χ2n) is 3.83. The SMILES string of the molecule is CCOC(C(C)C)C1C=CCC1. The third kappa shape index (κ3) is 2.34. The fraction of sp³-hybridized carbons (Fsp3) is 0.818. The van der Waals surface area contributed by atoms with Gasteiger partial charge < -0.3 is 4.74 Å². The fourth-order valence-electron chi connectivity index (χ4n) is 1.93. The van der Waals surface area contributed by atoms with Crippen LogP contribution in [-0.2, 0) is 4.74 Å². The van der Waals surface area contributed by atoms with Crippen LogP contribution in [0.5, 0.6) is 0 Å². The van der Waals surface area contributed by atoms with E-state index in [1.165, 1.54) is 12.8 Å². The van der Waals surface area contributed by atoms with Gasteiger partial charge >= 0.3 is 0 Å². The zero-order valence-corrected chi connectivity index (χ0v) is 8.42. The van der Waals surface area contributed by atoms with Crippen LogP contribution in [0.1, 0.15) is 33.6 Å². The Morgan fingerprint density at radius 1 is 1.50 bits per heavy atom. The molecule has 70 valence electrons. The number of hydrogen-bond donors (Lipinski definition) is 0. The molecule has 1 aliphatic carbocycles. The van der Waals surface area contributed by atoms with Crippen molar-refractivity contribution >= 4 is 0 Å². The summed E-state index contributed by atoms with van der Waals surface area (Å²) in [5, 5.41) is 0.